The van der Waals surface area contributed by atoms with Crippen molar-refractivity contribution in [3.8, 4) is 11.5 Å². The fourth-order valence-electron chi connectivity index (χ4n) is 3.27. The van der Waals surface area contributed by atoms with Crippen molar-refractivity contribution in [2.75, 3.05) is 13.7 Å². The smallest absolute Gasteiger partial charge is 0.258 e. The van der Waals surface area contributed by atoms with Crippen LogP contribution in [0.15, 0.2) is 48.5 Å². The number of carbonyl (C=O) groups is 3. The van der Waals surface area contributed by atoms with Crippen molar-refractivity contribution in [3.63, 3.8) is 0 Å². The quantitative estimate of drug-likeness (QED) is 0.484. The van der Waals surface area contributed by atoms with Gasteiger partial charge in [-0.1, -0.05) is 30.3 Å². The summed E-state index contributed by atoms with van der Waals surface area (Å²) in [7, 11) is 1.46. The summed E-state index contributed by atoms with van der Waals surface area (Å²) in [6, 6.07) is 13.7. The molecule has 1 aliphatic rings. The lowest BCUT2D eigenvalue weighted by Gasteiger charge is -2.19. The molecule has 0 spiro atoms. The molecule has 1 unspecified atom stereocenters. The molecule has 2 aromatic carbocycles. The van der Waals surface area contributed by atoms with Crippen LogP contribution in [-0.4, -0.2) is 49.6 Å². The number of carbonyl (C=O) groups excluding carboxylic acids is 3. The van der Waals surface area contributed by atoms with Crippen molar-refractivity contribution in [1.82, 2.24) is 16.0 Å². The Labute approximate surface area is 194 Å². The monoisotopic (exact) mass is 453 g/mol. The van der Waals surface area contributed by atoms with Gasteiger partial charge in [0.2, 0.25) is 5.91 Å². The van der Waals surface area contributed by atoms with Gasteiger partial charge in [-0.25, -0.2) is 0 Å². The van der Waals surface area contributed by atoms with Crippen molar-refractivity contribution in [2.45, 2.75) is 51.2 Å². The standard InChI is InChI=1S/C25H31N3O5/c1-16(2)26-23(29)15-33-21-12-9-18(14-22(21)32-3)24(30)28-20(25(31)27-19-10-11-19)13-17-7-5-4-6-8-17/h4-9,12,14,16,19-20H,10-11,13,15H2,1-3H3,(H,26,29)(H,27,31)(H,28,30). The van der Waals surface area contributed by atoms with Crippen LogP contribution in [0.4, 0.5) is 0 Å². The van der Waals surface area contributed by atoms with Gasteiger partial charge in [0.1, 0.15) is 6.04 Å². The van der Waals surface area contributed by atoms with Gasteiger partial charge in [-0.2, -0.15) is 0 Å². The Morgan fingerprint density at radius 1 is 1.00 bits per heavy atom. The van der Waals surface area contributed by atoms with E-state index < -0.39 is 11.9 Å². The summed E-state index contributed by atoms with van der Waals surface area (Å²) in [4.78, 5) is 37.6. The van der Waals surface area contributed by atoms with Crippen molar-refractivity contribution < 1.29 is 23.9 Å². The van der Waals surface area contributed by atoms with Crippen molar-refractivity contribution in [3.05, 3.63) is 59.7 Å². The Hall–Kier alpha value is -3.55. The van der Waals surface area contributed by atoms with E-state index in [-0.39, 0.29) is 30.5 Å². The highest BCUT2D eigenvalue weighted by molar-refractivity contribution is 5.98. The first-order valence-electron chi connectivity index (χ1n) is 11.1. The first-order valence-corrected chi connectivity index (χ1v) is 11.1. The second-order valence-corrected chi connectivity index (χ2v) is 8.38. The summed E-state index contributed by atoms with van der Waals surface area (Å²) in [6.45, 7) is 3.56. The van der Waals surface area contributed by atoms with Crippen LogP contribution in [0.25, 0.3) is 0 Å². The zero-order valence-corrected chi connectivity index (χ0v) is 19.2. The lowest BCUT2D eigenvalue weighted by Crippen LogP contribution is -2.48. The van der Waals surface area contributed by atoms with Gasteiger partial charge in [0.05, 0.1) is 7.11 Å². The minimum Gasteiger partial charge on any atom is -0.493 e. The molecule has 0 aromatic heterocycles. The normalized spacial score (nSPS) is 13.7. The number of methoxy groups -OCH3 is 1. The molecule has 3 N–H and O–H groups in total. The van der Waals surface area contributed by atoms with Crippen LogP contribution >= 0.6 is 0 Å². The summed E-state index contributed by atoms with van der Waals surface area (Å²) >= 11 is 0. The molecular formula is C25H31N3O5. The Morgan fingerprint density at radius 3 is 2.36 bits per heavy atom. The molecule has 0 heterocycles. The fourth-order valence-corrected chi connectivity index (χ4v) is 3.27. The Kier molecular flexibility index (Phi) is 8.29. The Morgan fingerprint density at radius 2 is 1.73 bits per heavy atom. The maximum atomic E-state index is 13.0. The van der Waals surface area contributed by atoms with E-state index in [1.54, 1.807) is 12.1 Å². The van der Waals surface area contributed by atoms with E-state index in [1.807, 2.05) is 44.2 Å². The average Bonchev–Trinajstić information content (AvgIpc) is 3.61. The first-order chi connectivity index (χ1) is 15.9. The van der Waals surface area contributed by atoms with Crippen LogP contribution in [0, 0.1) is 0 Å². The zero-order valence-electron chi connectivity index (χ0n) is 19.2. The highest BCUT2D eigenvalue weighted by Crippen LogP contribution is 2.28. The van der Waals surface area contributed by atoms with Gasteiger partial charge in [-0.3, -0.25) is 14.4 Å². The van der Waals surface area contributed by atoms with E-state index in [4.69, 9.17) is 9.47 Å². The van der Waals surface area contributed by atoms with Gasteiger partial charge in [0.25, 0.3) is 11.8 Å². The van der Waals surface area contributed by atoms with Gasteiger partial charge in [0, 0.05) is 24.1 Å². The minimum atomic E-state index is -0.706. The third-order valence-corrected chi connectivity index (χ3v) is 5.06. The summed E-state index contributed by atoms with van der Waals surface area (Å²) in [5, 5.41) is 8.56. The van der Waals surface area contributed by atoms with Gasteiger partial charge >= 0.3 is 0 Å². The second kappa shape index (κ2) is 11.4. The maximum absolute atomic E-state index is 13.0. The first kappa shape index (κ1) is 24.1. The molecule has 1 fully saturated rings. The number of benzene rings is 2. The van der Waals surface area contributed by atoms with Gasteiger partial charge < -0.3 is 25.4 Å². The van der Waals surface area contributed by atoms with E-state index in [9.17, 15) is 14.4 Å². The number of ether oxygens (including phenoxy) is 2. The lowest BCUT2D eigenvalue weighted by atomic mass is 10.0. The summed E-state index contributed by atoms with van der Waals surface area (Å²) in [5.74, 6) is -0.177. The third kappa shape index (κ3) is 7.52. The number of hydrogen-bond donors (Lipinski definition) is 3. The second-order valence-electron chi connectivity index (χ2n) is 8.38. The van der Waals surface area contributed by atoms with Crippen LogP contribution in [-0.2, 0) is 16.0 Å². The molecule has 0 saturated heterocycles. The van der Waals surface area contributed by atoms with Crippen LogP contribution in [0.1, 0.15) is 42.6 Å². The average molecular weight is 454 g/mol. The van der Waals surface area contributed by atoms with Crippen molar-refractivity contribution in [2.24, 2.45) is 0 Å². The molecule has 1 aliphatic carbocycles. The van der Waals surface area contributed by atoms with E-state index in [0.717, 1.165) is 18.4 Å². The van der Waals surface area contributed by atoms with Crippen molar-refractivity contribution >= 4 is 17.7 Å². The molecule has 1 atom stereocenters. The summed E-state index contributed by atoms with van der Waals surface area (Å²) in [6.07, 6.45) is 2.31. The minimum absolute atomic E-state index is 0.00927. The van der Waals surface area contributed by atoms with E-state index in [2.05, 4.69) is 16.0 Å². The summed E-state index contributed by atoms with van der Waals surface area (Å²) in [5.41, 5.74) is 1.28. The van der Waals surface area contributed by atoms with Crippen LogP contribution in [0.2, 0.25) is 0 Å². The number of hydrogen-bond acceptors (Lipinski definition) is 5. The largest absolute Gasteiger partial charge is 0.493 e. The Bertz CT molecular complexity index is 973. The van der Waals surface area contributed by atoms with Gasteiger partial charge in [-0.05, 0) is 50.5 Å². The molecule has 33 heavy (non-hydrogen) atoms. The highest BCUT2D eigenvalue weighted by Gasteiger charge is 2.29. The molecule has 0 bridgehead atoms. The molecule has 176 valence electrons. The lowest BCUT2D eigenvalue weighted by molar-refractivity contribution is -0.124. The van der Waals surface area contributed by atoms with E-state index >= 15 is 0 Å². The van der Waals surface area contributed by atoms with E-state index in [0.29, 0.717) is 23.5 Å². The molecule has 8 nitrogen and oxygen atoms in total. The molecule has 0 aliphatic heterocycles. The van der Waals surface area contributed by atoms with Crippen LogP contribution < -0.4 is 25.4 Å². The van der Waals surface area contributed by atoms with Crippen LogP contribution in [0.3, 0.4) is 0 Å². The molecule has 3 amide bonds. The number of nitrogens with one attached hydrogen (secondary N) is 3. The predicted octanol–water partition coefficient (Wildman–Crippen LogP) is 2.22. The van der Waals surface area contributed by atoms with Crippen LogP contribution in [0.5, 0.6) is 11.5 Å². The molecule has 8 heteroatoms. The Balaban J connectivity index is 1.68. The van der Waals surface area contributed by atoms with Gasteiger partial charge in [0.15, 0.2) is 18.1 Å². The number of rotatable bonds is 11. The third-order valence-electron chi connectivity index (χ3n) is 5.06. The molecule has 1 saturated carbocycles. The van der Waals surface area contributed by atoms with E-state index in [1.165, 1.54) is 13.2 Å². The van der Waals surface area contributed by atoms with Gasteiger partial charge in [-0.15, -0.1) is 0 Å². The number of amides is 3. The zero-order chi connectivity index (χ0) is 23.8. The predicted molar refractivity (Wildman–Crippen MR) is 124 cm³/mol. The fraction of sp³-hybridized carbons (Fsp3) is 0.400. The molecule has 2 aromatic rings. The van der Waals surface area contributed by atoms with Crippen molar-refractivity contribution in [1.29, 1.82) is 0 Å². The molecular weight excluding hydrogens is 422 g/mol. The molecule has 3 rings (SSSR count). The SMILES string of the molecule is COc1cc(C(=O)NC(Cc2ccccc2)C(=O)NC2CC2)ccc1OCC(=O)NC(C)C. The summed E-state index contributed by atoms with van der Waals surface area (Å²) < 4.78 is 10.9. The topological polar surface area (TPSA) is 106 Å². The molecule has 0 radical (unpaired) electrons. The maximum Gasteiger partial charge on any atom is 0.258 e. The highest BCUT2D eigenvalue weighted by atomic mass is 16.5.